The van der Waals surface area contributed by atoms with Gasteiger partial charge in [-0.15, -0.1) is 0 Å². The van der Waals surface area contributed by atoms with Crippen LogP contribution in [0.25, 0.3) is 11.4 Å². The van der Waals surface area contributed by atoms with Gasteiger partial charge in [0.15, 0.2) is 5.82 Å². The molecule has 8 heteroatoms. The van der Waals surface area contributed by atoms with Gasteiger partial charge in [-0.25, -0.2) is 4.98 Å². The fourth-order valence-corrected chi connectivity index (χ4v) is 3.87. The van der Waals surface area contributed by atoms with E-state index in [9.17, 15) is 0 Å². The molecule has 0 amide bonds. The molecule has 1 aromatic heterocycles. The second-order valence-corrected chi connectivity index (χ2v) is 8.18. The fraction of sp³-hybridized carbons (Fsp3) is 0.476. The monoisotopic (exact) mass is 414 g/mol. The highest BCUT2D eigenvalue weighted by atomic mass is 32.2. The molecule has 29 heavy (non-hydrogen) atoms. The molecule has 2 aromatic rings. The average molecular weight is 415 g/mol. The van der Waals surface area contributed by atoms with E-state index in [-0.39, 0.29) is 11.9 Å². The first-order valence-corrected chi connectivity index (χ1v) is 11.1. The van der Waals surface area contributed by atoms with E-state index in [0.717, 1.165) is 37.2 Å². The number of nitrogens with zero attached hydrogens (tertiary/aromatic N) is 3. The van der Waals surface area contributed by atoms with Crippen LogP contribution in [0.15, 0.2) is 24.3 Å². The van der Waals surface area contributed by atoms with Crippen molar-refractivity contribution in [3.8, 4) is 17.3 Å². The van der Waals surface area contributed by atoms with Crippen LogP contribution >= 0.6 is 11.9 Å². The predicted molar refractivity (Wildman–Crippen MR) is 122 cm³/mol. The van der Waals surface area contributed by atoms with Gasteiger partial charge >= 0.3 is 0 Å². The second kappa shape index (κ2) is 9.45. The minimum absolute atomic E-state index is 0.0680. The molecule has 4 N–H and O–H groups in total. The Bertz CT molecular complexity index is 847. The van der Waals surface area contributed by atoms with Crippen LogP contribution in [0.2, 0.25) is 0 Å². The maximum atomic E-state index is 8.11. The number of hydrogen-bond donors (Lipinski definition) is 3. The minimum Gasteiger partial charge on any atom is -0.474 e. The number of piperidine rings is 1. The SMILES string of the molecule is CSNc1ccc(-c2nc(N)c(C(C)=N)c(OC3CCN(C(C)C)CC3)n2)cc1. The molecule has 156 valence electrons. The first-order valence-electron chi connectivity index (χ1n) is 9.92. The van der Waals surface area contributed by atoms with E-state index in [4.69, 9.17) is 15.9 Å². The van der Waals surface area contributed by atoms with Crippen LogP contribution in [0.4, 0.5) is 11.5 Å². The van der Waals surface area contributed by atoms with Crippen molar-refractivity contribution in [1.82, 2.24) is 14.9 Å². The molecule has 1 aliphatic heterocycles. The van der Waals surface area contributed by atoms with Crippen molar-refractivity contribution < 1.29 is 4.74 Å². The number of nitrogens with one attached hydrogen (secondary N) is 2. The molecule has 2 heterocycles. The summed E-state index contributed by atoms with van der Waals surface area (Å²) in [6.07, 6.45) is 3.91. The second-order valence-electron chi connectivity index (χ2n) is 7.57. The van der Waals surface area contributed by atoms with Gasteiger partial charge in [0.2, 0.25) is 5.88 Å². The van der Waals surface area contributed by atoms with Gasteiger partial charge in [0.05, 0.1) is 5.56 Å². The summed E-state index contributed by atoms with van der Waals surface area (Å²) >= 11 is 1.54. The van der Waals surface area contributed by atoms with Crippen molar-refractivity contribution in [2.24, 2.45) is 0 Å². The molecule has 7 nitrogen and oxygen atoms in total. The van der Waals surface area contributed by atoms with E-state index >= 15 is 0 Å². The summed E-state index contributed by atoms with van der Waals surface area (Å²) in [4.78, 5) is 11.5. The average Bonchev–Trinajstić information content (AvgIpc) is 2.68. The summed E-state index contributed by atoms with van der Waals surface area (Å²) < 4.78 is 9.46. The molecule has 0 saturated carbocycles. The van der Waals surface area contributed by atoms with Crippen LogP contribution in [0.3, 0.4) is 0 Å². The highest BCUT2D eigenvalue weighted by molar-refractivity contribution is 7.99. The van der Waals surface area contributed by atoms with Crippen LogP contribution < -0.4 is 15.2 Å². The number of likely N-dealkylation sites (tertiary alicyclic amines) is 1. The molecule has 0 bridgehead atoms. The summed E-state index contributed by atoms with van der Waals surface area (Å²) in [5.41, 5.74) is 8.87. The first-order chi connectivity index (χ1) is 13.9. The minimum atomic E-state index is 0.0680. The lowest BCUT2D eigenvalue weighted by molar-refractivity contribution is 0.0812. The summed E-state index contributed by atoms with van der Waals surface area (Å²) in [5.74, 6) is 1.20. The Morgan fingerprint density at radius 3 is 2.45 bits per heavy atom. The Kier molecular flexibility index (Phi) is 6.97. The summed E-state index contributed by atoms with van der Waals surface area (Å²) in [7, 11) is 0. The van der Waals surface area contributed by atoms with Gasteiger partial charge in [-0.1, -0.05) is 11.9 Å². The third kappa shape index (κ3) is 5.19. The van der Waals surface area contributed by atoms with Crippen molar-refractivity contribution in [3.63, 3.8) is 0 Å². The molecule has 1 saturated heterocycles. The van der Waals surface area contributed by atoms with Crippen molar-refractivity contribution in [3.05, 3.63) is 29.8 Å². The van der Waals surface area contributed by atoms with Gasteiger partial charge in [-0.2, -0.15) is 4.98 Å². The Labute approximate surface area is 177 Å². The molecule has 0 atom stereocenters. The van der Waals surface area contributed by atoms with E-state index in [1.807, 2.05) is 30.5 Å². The third-order valence-electron chi connectivity index (χ3n) is 5.13. The van der Waals surface area contributed by atoms with E-state index in [0.29, 0.717) is 29.0 Å². The maximum absolute atomic E-state index is 8.11. The van der Waals surface area contributed by atoms with Crippen LogP contribution in [-0.4, -0.2) is 52.1 Å². The molecule has 1 aromatic carbocycles. The molecule has 0 aliphatic carbocycles. The lowest BCUT2D eigenvalue weighted by atomic mass is 10.1. The quantitative estimate of drug-likeness (QED) is 0.464. The van der Waals surface area contributed by atoms with Crippen molar-refractivity contribution >= 4 is 29.2 Å². The highest BCUT2D eigenvalue weighted by Crippen LogP contribution is 2.29. The van der Waals surface area contributed by atoms with E-state index < -0.39 is 0 Å². The largest absolute Gasteiger partial charge is 0.474 e. The number of nitrogens with two attached hydrogens (primary N) is 1. The fourth-order valence-electron chi connectivity index (χ4n) is 3.50. The molecule has 1 aliphatic rings. The number of ether oxygens (including phenoxy) is 1. The van der Waals surface area contributed by atoms with Gasteiger partial charge in [0.25, 0.3) is 0 Å². The Morgan fingerprint density at radius 2 is 1.90 bits per heavy atom. The molecule has 0 unspecified atom stereocenters. The van der Waals surface area contributed by atoms with E-state index in [1.54, 1.807) is 6.92 Å². The predicted octanol–water partition coefficient (Wildman–Crippen LogP) is 4.06. The van der Waals surface area contributed by atoms with Crippen molar-refractivity contribution in [2.45, 2.75) is 45.8 Å². The van der Waals surface area contributed by atoms with E-state index in [1.165, 1.54) is 11.9 Å². The molecule has 0 radical (unpaired) electrons. The maximum Gasteiger partial charge on any atom is 0.228 e. The summed E-state index contributed by atoms with van der Waals surface area (Å²) in [5, 5.41) is 8.11. The lowest BCUT2D eigenvalue weighted by Crippen LogP contribution is -2.42. The van der Waals surface area contributed by atoms with Crippen LogP contribution in [0.5, 0.6) is 5.88 Å². The van der Waals surface area contributed by atoms with Crippen LogP contribution in [-0.2, 0) is 0 Å². The number of hydrogen-bond acceptors (Lipinski definition) is 8. The van der Waals surface area contributed by atoms with Gasteiger partial charge in [-0.3, -0.25) is 0 Å². The number of rotatable bonds is 7. The molecule has 0 spiro atoms. The van der Waals surface area contributed by atoms with Gasteiger partial charge in [-0.05, 0) is 57.9 Å². The topological polar surface area (TPSA) is 100 Å². The zero-order valence-corrected chi connectivity index (χ0v) is 18.3. The third-order valence-corrected chi connectivity index (χ3v) is 5.57. The van der Waals surface area contributed by atoms with Crippen molar-refractivity contribution in [2.75, 3.05) is 29.8 Å². The first kappa shape index (κ1) is 21.4. The van der Waals surface area contributed by atoms with Gasteiger partial charge < -0.3 is 25.5 Å². The smallest absolute Gasteiger partial charge is 0.228 e. The normalized spacial score (nSPS) is 15.5. The van der Waals surface area contributed by atoms with Crippen molar-refractivity contribution in [1.29, 1.82) is 5.41 Å². The molecule has 3 rings (SSSR count). The Balaban J connectivity index is 1.86. The number of aromatic nitrogens is 2. The Hall–Kier alpha value is -2.32. The van der Waals surface area contributed by atoms with Crippen LogP contribution in [0, 0.1) is 5.41 Å². The zero-order chi connectivity index (χ0) is 21.0. The molecule has 1 fully saturated rings. The molecular weight excluding hydrogens is 384 g/mol. The summed E-state index contributed by atoms with van der Waals surface area (Å²) in [6.45, 7) is 8.12. The standard InChI is InChI=1S/C21H30N6OS/c1-13(2)27-11-9-17(10-12-27)28-21-18(14(3)22)19(23)24-20(25-21)15-5-7-16(8-6-15)26-29-4/h5-8,13,17,22,26H,9-12H2,1-4H3,(H2,23,24,25). The number of anilines is 2. The lowest BCUT2D eigenvalue weighted by Gasteiger charge is -2.34. The van der Waals surface area contributed by atoms with E-state index in [2.05, 4.69) is 33.4 Å². The van der Waals surface area contributed by atoms with Crippen LogP contribution in [0.1, 0.15) is 39.2 Å². The summed E-state index contributed by atoms with van der Waals surface area (Å²) in [6, 6.07) is 8.40. The number of nitrogen functional groups attached to an aromatic ring is 1. The molecular formula is C21H30N6OS. The number of benzene rings is 1. The van der Waals surface area contributed by atoms with Gasteiger partial charge in [0.1, 0.15) is 11.9 Å². The van der Waals surface area contributed by atoms with Gasteiger partial charge in [0, 0.05) is 42.3 Å². The zero-order valence-electron chi connectivity index (χ0n) is 17.5. The Morgan fingerprint density at radius 1 is 1.24 bits per heavy atom. The highest BCUT2D eigenvalue weighted by Gasteiger charge is 2.25.